The minimum absolute atomic E-state index is 0.238. The number of carbonyl (C=O) groups is 2. The highest BCUT2D eigenvalue weighted by atomic mass is 31.2. The van der Waals surface area contributed by atoms with Gasteiger partial charge in [-0.05, 0) is 154 Å². The van der Waals surface area contributed by atoms with Crippen molar-refractivity contribution >= 4 is 34.6 Å². The van der Waals surface area contributed by atoms with Crippen LogP contribution in [0.4, 0.5) is 0 Å². The van der Waals surface area contributed by atoms with Gasteiger partial charge in [0.25, 0.3) is 0 Å². The van der Waals surface area contributed by atoms with E-state index in [2.05, 4.69) is 0 Å². The fraction of sp³-hybridized carbons (Fsp3) is 0.333. The van der Waals surface area contributed by atoms with E-state index in [1.807, 2.05) is 134 Å². The molecule has 0 spiro atoms. The molecule has 0 heterocycles. The fourth-order valence-electron chi connectivity index (χ4n) is 12.2. The number of benzene rings is 5. The summed E-state index contributed by atoms with van der Waals surface area (Å²) < 4.78 is 26.4. The first-order chi connectivity index (χ1) is 26.2. The molecule has 8 bridgehead atoms. The molecule has 0 aliphatic heterocycles. The molecule has 0 N–H and O–H groups in total. The van der Waals surface area contributed by atoms with Crippen molar-refractivity contribution < 1.29 is 23.6 Å². The van der Waals surface area contributed by atoms with Crippen molar-refractivity contribution in [3.8, 4) is 17.2 Å². The smallest absolute Gasteiger partial charge is 0.171 e. The number of hydrogen-bond donors (Lipinski definition) is 0. The van der Waals surface area contributed by atoms with E-state index < -0.39 is 7.14 Å². The van der Waals surface area contributed by atoms with E-state index in [1.165, 1.54) is 0 Å². The van der Waals surface area contributed by atoms with Gasteiger partial charge in [0.05, 0.1) is 7.11 Å². The van der Waals surface area contributed by atoms with Gasteiger partial charge in [0, 0.05) is 37.9 Å². The molecule has 0 saturated heterocycles. The van der Waals surface area contributed by atoms with Crippen LogP contribution in [-0.2, 0) is 4.57 Å². The summed E-state index contributed by atoms with van der Waals surface area (Å²) in [6.07, 6.45) is 5.86. The number of ether oxygens (including phenoxy) is 2. The number of rotatable bonds is 10. The normalized spacial score (nSPS) is 30.9. The van der Waals surface area contributed by atoms with Crippen LogP contribution in [-0.4, -0.2) is 18.7 Å². The molecule has 0 amide bonds. The molecule has 1 unspecified atom stereocenters. The molecule has 5 aromatic carbocycles. The minimum atomic E-state index is -3.08. The van der Waals surface area contributed by atoms with Crippen LogP contribution in [0.2, 0.25) is 0 Å². The fourth-order valence-corrected chi connectivity index (χ4v) is 14.8. The standard InChI is InChI=1S/C48H45O5P/c1-30-8-20-37(21-9-30)54(51,36-6-4-3-5-7-36)38-22-18-35(19-23-38)53-34-16-12-32(13-17-34)46(50)48-27-42-39-24-47(45(49)31-10-14-33(52-2)15-11-31)25-40(42)44(29-48)41(26-47)43(39)28-48/h3-23,39-44H,24-29H2,1-2H3. The van der Waals surface area contributed by atoms with E-state index in [0.717, 1.165) is 76.9 Å². The highest BCUT2D eigenvalue weighted by Crippen LogP contribution is 2.77. The molecule has 7 aliphatic carbocycles. The maximum Gasteiger partial charge on any atom is 0.171 e. The van der Waals surface area contributed by atoms with Gasteiger partial charge in [-0.25, -0.2) is 0 Å². The quantitative estimate of drug-likeness (QED) is 0.106. The average molecular weight is 733 g/mol. The van der Waals surface area contributed by atoms with Crippen molar-refractivity contribution in [3.05, 3.63) is 144 Å². The van der Waals surface area contributed by atoms with Crippen molar-refractivity contribution in [1.29, 1.82) is 0 Å². The predicted octanol–water partition coefficient (Wildman–Crippen LogP) is 9.58. The molecule has 0 aromatic heterocycles. The van der Waals surface area contributed by atoms with Crippen LogP contribution >= 0.6 is 7.14 Å². The number of hydrogen-bond acceptors (Lipinski definition) is 5. The van der Waals surface area contributed by atoms with Gasteiger partial charge in [-0.1, -0.05) is 60.2 Å². The summed E-state index contributed by atoms with van der Waals surface area (Å²) in [5.74, 6) is 6.04. The molecule has 6 heteroatoms. The Kier molecular flexibility index (Phi) is 7.76. The molecule has 54 heavy (non-hydrogen) atoms. The summed E-state index contributed by atoms with van der Waals surface area (Å²) >= 11 is 0. The Hall–Kier alpha value is -4.73. The molecular formula is C48H45O5P. The lowest BCUT2D eigenvalue weighted by Gasteiger charge is -2.74. The van der Waals surface area contributed by atoms with Crippen LogP contribution in [0.1, 0.15) is 64.8 Å². The molecule has 1 atom stereocenters. The topological polar surface area (TPSA) is 69.7 Å². The summed E-state index contributed by atoms with van der Waals surface area (Å²) in [4.78, 5) is 28.6. The molecule has 5 aromatic rings. The van der Waals surface area contributed by atoms with Crippen molar-refractivity contribution in [2.75, 3.05) is 7.11 Å². The highest BCUT2D eigenvalue weighted by molar-refractivity contribution is 7.85. The highest BCUT2D eigenvalue weighted by Gasteiger charge is 2.72. The van der Waals surface area contributed by atoms with E-state index in [-0.39, 0.29) is 10.8 Å². The lowest BCUT2D eigenvalue weighted by molar-refractivity contribution is -0.235. The third kappa shape index (κ3) is 5.07. The van der Waals surface area contributed by atoms with Gasteiger partial charge in [0.15, 0.2) is 18.7 Å². The number of aryl methyl sites for hydroxylation is 1. The molecule has 272 valence electrons. The minimum Gasteiger partial charge on any atom is -0.497 e. The molecule has 12 rings (SSSR count). The van der Waals surface area contributed by atoms with Gasteiger partial charge in [0.1, 0.15) is 17.2 Å². The van der Waals surface area contributed by atoms with E-state index in [1.54, 1.807) is 7.11 Å². The SMILES string of the molecule is COc1ccc(C(=O)C23CC4C5CC6(C(=O)c7ccc(Oc8ccc(P(=O)(c9ccccc9)c9ccc(C)cc9)cc8)cc7)CC4C(C2)C(C6)C5C3)cc1. The summed E-state index contributed by atoms with van der Waals surface area (Å²) in [6, 6.07) is 40.6. The van der Waals surface area contributed by atoms with Gasteiger partial charge in [-0.3, -0.25) is 9.59 Å². The summed E-state index contributed by atoms with van der Waals surface area (Å²) in [5, 5.41) is 2.35. The molecule has 7 aliphatic rings. The number of ketones is 2. The lowest BCUT2D eigenvalue weighted by Crippen LogP contribution is -2.69. The van der Waals surface area contributed by atoms with Crippen LogP contribution in [0.5, 0.6) is 17.2 Å². The number of carbonyl (C=O) groups excluding carboxylic acids is 2. The van der Waals surface area contributed by atoms with Crippen molar-refractivity contribution in [1.82, 2.24) is 0 Å². The van der Waals surface area contributed by atoms with Crippen molar-refractivity contribution in [3.63, 3.8) is 0 Å². The first-order valence-corrected chi connectivity index (χ1v) is 21.3. The Morgan fingerprint density at radius 3 is 1.26 bits per heavy atom. The van der Waals surface area contributed by atoms with Gasteiger partial charge < -0.3 is 14.0 Å². The van der Waals surface area contributed by atoms with Crippen molar-refractivity contribution in [2.45, 2.75) is 45.4 Å². The Balaban J connectivity index is 0.842. The van der Waals surface area contributed by atoms with E-state index in [0.29, 0.717) is 58.6 Å². The Morgan fingerprint density at radius 2 is 0.852 bits per heavy atom. The molecule has 7 saturated carbocycles. The molecule has 7 fully saturated rings. The zero-order chi connectivity index (χ0) is 36.8. The monoisotopic (exact) mass is 732 g/mol. The van der Waals surface area contributed by atoms with E-state index >= 15 is 0 Å². The Morgan fingerprint density at radius 1 is 0.500 bits per heavy atom. The van der Waals surface area contributed by atoms with E-state index in [9.17, 15) is 14.2 Å². The first-order valence-electron chi connectivity index (χ1n) is 19.5. The lowest BCUT2D eigenvalue weighted by atomic mass is 9.29. The maximum atomic E-state index is 14.8. The Bertz CT molecular complexity index is 2230. The van der Waals surface area contributed by atoms with Crippen molar-refractivity contribution in [2.24, 2.45) is 46.3 Å². The molecule has 0 radical (unpaired) electrons. The third-order valence-electron chi connectivity index (χ3n) is 14.4. The molecule has 5 nitrogen and oxygen atoms in total. The van der Waals surface area contributed by atoms with Gasteiger partial charge in [-0.15, -0.1) is 0 Å². The zero-order valence-corrected chi connectivity index (χ0v) is 31.7. The van der Waals surface area contributed by atoms with Gasteiger partial charge in [0.2, 0.25) is 0 Å². The number of methoxy groups -OCH3 is 1. The second-order valence-electron chi connectivity index (χ2n) is 17.1. The molecular weight excluding hydrogens is 687 g/mol. The second-order valence-corrected chi connectivity index (χ2v) is 19.8. The third-order valence-corrected chi connectivity index (χ3v) is 17.5. The Labute approximate surface area is 317 Å². The largest absolute Gasteiger partial charge is 0.497 e. The van der Waals surface area contributed by atoms with Crippen LogP contribution < -0.4 is 25.4 Å². The summed E-state index contributed by atoms with van der Waals surface area (Å²) in [7, 11) is -1.43. The van der Waals surface area contributed by atoms with Crippen LogP contribution in [0, 0.1) is 53.3 Å². The first kappa shape index (κ1) is 33.8. The zero-order valence-electron chi connectivity index (χ0n) is 30.8. The van der Waals surface area contributed by atoms with Crippen LogP contribution in [0.25, 0.3) is 0 Å². The van der Waals surface area contributed by atoms with Gasteiger partial charge >= 0.3 is 0 Å². The van der Waals surface area contributed by atoms with Crippen LogP contribution in [0.3, 0.4) is 0 Å². The number of Topliss-reactive ketones (excluding diaryl/α,β-unsaturated/α-hetero) is 2. The van der Waals surface area contributed by atoms with Gasteiger partial charge in [-0.2, -0.15) is 0 Å². The van der Waals surface area contributed by atoms with E-state index in [4.69, 9.17) is 9.47 Å². The predicted molar refractivity (Wildman–Crippen MR) is 212 cm³/mol. The maximum absolute atomic E-state index is 14.8. The van der Waals surface area contributed by atoms with Crippen LogP contribution in [0.15, 0.2) is 127 Å². The summed E-state index contributed by atoms with van der Waals surface area (Å²) in [5.41, 5.74) is 2.18. The summed E-state index contributed by atoms with van der Waals surface area (Å²) in [6.45, 7) is 2.03. The average Bonchev–Trinajstić information content (AvgIpc) is 3.22. The second kappa shape index (κ2) is 12.4.